The summed E-state index contributed by atoms with van der Waals surface area (Å²) in [5.41, 5.74) is 3.90. The quantitative estimate of drug-likeness (QED) is 0.599. The van der Waals surface area contributed by atoms with Gasteiger partial charge in [-0.05, 0) is 49.6 Å². The lowest BCUT2D eigenvalue weighted by Gasteiger charge is -2.32. The third-order valence-electron chi connectivity index (χ3n) is 5.88. The van der Waals surface area contributed by atoms with Gasteiger partial charge in [-0.25, -0.2) is 0 Å². The highest BCUT2D eigenvalue weighted by Crippen LogP contribution is 2.30. The number of piperidine rings is 1. The molecule has 2 heterocycles. The molecule has 1 fully saturated rings. The van der Waals surface area contributed by atoms with E-state index in [-0.39, 0.29) is 17.7 Å². The van der Waals surface area contributed by atoms with E-state index in [1.165, 1.54) is 0 Å². The number of carbonyl (C=O) groups excluding carboxylic acids is 2. The van der Waals surface area contributed by atoms with E-state index in [0.717, 1.165) is 29.8 Å². The van der Waals surface area contributed by atoms with Gasteiger partial charge in [-0.1, -0.05) is 54.1 Å². The van der Waals surface area contributed by atoms with Crippen LogP contribution in [0, 0.1) is 6.92 Å². The molecule has 6 heteroatoms. The number of carbonyl (C=O) groups is 2. The molecule has 4 rings (SSSR count). The Balaban J connectivity index is 1.45. The second kappa shape index (κ2) is 9.96. The van der Waals surface area contributed by atoms with Gasteiger partial charge in [-0.15, -0.1) is 0 Å². The van der Waals surface area contributed by atoms with Crippen LogP contribution < -0.4 is 5.32 Å². The Morgan fingerprint density at radius 1 is 0.969 bits per heavy atom. The first kappa shape index (κ1) is 22.0. The zero-order valence-corrected chi connectivity index (χ0v) is 18.8. The van der Waals surface area contributed by atoms with Gasteiger partial charge in [0.15, 0.2) is 0 Å². The smallest absolute Gasteiger partial charge is 0.255 e. The Kier molecular flexibility index (Phi) is 6.86. The topological polar surface area (TPSA) is 62.3 Å². The normalized spacial score (nSPS) is 14.2. The number of nitrogens with zero attached hydrogens (tertiary/aromatic N) is 2. The molecule has 1 aromatic heterocycles. The van der Waals surface area contributed by atoms with E-state index < -0.39 is 0 Å². The molecule has 0 aliphatic carbocycles. The van der Waals surface area contributed by atoms with E-state index in [9.17, 15) is 9.59 Å². The van der Waals surface area contributed by atoms with Crippen LogP contribution in [0.15, 0.2) is 66.7 Å². The van der Waals surface area contributed by atoms with Crippen LogP contribution in [0.4, 0.5) is 0 Å². The predicted octanol–water partition coefficient (Wildman–Crippen LogP) is 4.99. The van der Waals surface area contributed by atoms with Crippen LogP contribution in [0.5, 0.6) is 0 Å². The van der Waals surface area contributed by atoms with Crippen molar-refractivity contribution in [1.82, 2.24) is 15.2 Å². The Bertz CT molecular complexity index is 1110. The summed E-state index contributed by atoms with van der Waals surface area (Å²) >= 11 is 6.21. The monoisotopic (exact) mass is 447 g/mol. The van der Waals surface area contributed by atoms with Crippen LogP contribution in [0.25, 0.3) is 0 Å². The molecule has 0 saturated carbocycles. The van der Waals surface area contributed by atoms with E-state index >= 15 is 0 Å². The largest absolute Gasteiger partial charge is 0.348 e. The lowest BCUT2D eigenvalue weighted by Crippen LogP contribution is -2.38. The minimum atomic E-state index is -0.120. The summed E-state index contributed by atoms with van der Waals surface area (Å²) in [5.74, 6) is -0.0410. The molecule has 164 valence electrons. The molecule has 0 radical (unpaired) electrons. The zero-order chi connectivity index (χ0) is 22.5. The van der Waals surface area contributed by atoms with Gasteiger partial charge in [-0.2, -0.15) is 0 Å². The molecule has 2 amide bonds. The number of aromatic nitrogens is 1. The SMILES string of the molecule is Cc1ccc(C(=O)NCc2ccccc2)c(C2CCN(C(=O)c3ccccc3Cl)CC2)n1. The summed E-state index contributed by atoms with van der Waals surface area (Å²) in [7, 11) is 0. The van der Waals surface area contributed by atoms with Gasteiger partial charge in [0.2, 0.25) is 0 Å². The zero-order valence-electron chi connectivity index (χ0n) is 18.1. The first-order valence-corrected chi connectivity index (χ1v) is 11.2. The molecule has 1 saturated heterocycles. The highest BCUT2D eigenvalue weighted by atomic mass is 35.5. The van der Waals surface area contributed by atoms with Gasteiger partial charge in [-0.3, -0.25) is 14.6 Å². The molecule has 1 aliphatic heterocycles. The van der Waals surface area contributed by atoms with Crippen LogP contribution in [0.3, 0.4) is 0 Å². The van der Waals surface area contributed by atoms with Crippen molar-refractivity contribution in [2.24, 2.45) is 0 Å². The van der Waals surface area contributed by atoms with Gasteiger partial charge in [0.1, 0.15) is 0 Å². The Morgan fingerprint density at radius 3 is 2.38 bits per heavy atom. The average molecular weight is 448 g/mol. The molecule has 1 aliphatic rings. The van der Waals surface area contributed by atoms with E-state index in [1.807, 2.05) is 66.4 Å². The van der Waals surface area contributed by atoms with Crippen LogP contribution in [0.1, 0.15) is 56.4 Å². The Hall–Kier alpha value is -3.18. The molecule has 0 atom stereocenters. The van der Waals surface area contributed by atoms with Crippen LogP contribution in [-0.2, 0) is 6.54 Å². The Labute approximate surface area is 193 Å². The van der Waals surface area contributed by atoms with Crippen molar-refractivity contribution in [2.45, 2.75) is 32.2 Å². The van der Waals surface area contributed by atoms with Crippen molar-refractivity contribution in [1.29, 1.82) is 0 Å². The lowest BCUT2D eigenvalue weighted by atomic mass is 9.89. The average Bonchev–Trinajstić information content (AvgIpc) is 2.83. The molecule has 1 N–H and O–H groups in total. The second-order valence-corrected chi connectivity index (χ2v) is 8.51. The summed E-state index contributed by atoms with van der Waals surface area (Å²) < 4.78 is 0. The molecule has 0 bridgehead atoms. The third-order valence-corrected chi connectivity index (χ3v) is 6.21. The maximum absolute atomic E-state index is 13.0. The number of amides is 2. The second-order valence-electron chi connectivity index (χ2n) is 8.10. The van der Waals surface area contributed by atoms with Crippen LogP contribution >= 0.6 is 11.6 Å². The molecule has 3 aromatic rings. The van der Waals surface area contributed by atoms with Crippen molar-refractivity contribution < 1.29 is 9.59 Å². The number of aryl methyl sites for hydroxylation is 1. The fourth-order valence-corrected chi connectivity index (χ4v) is 4.33. The maximum atomic E-state index is 13.0. The first-order chi connectivity index (χ1) is 15.5. The highest BCUT2D eigenvalue weighted by Gasteiger charge is 2.29. The lowest BCUT2D eigenvalue weighted by molar-refractivity contribution is 0.0710. The molecular weight excluding hydrogens is 422 g/mol. The molecule has 0 spiro atoms. The summed E-state index contributed by atoms with van der Waals surface area (Å²) in [6.07, 6.45) is 1.51. The third kappa shape index (κ3) is 5.00. The van der Waals surface area contributed by atoms with Crippen molar-refractivity contribution in [3.05, 3.63) is 99.8 Å². The van der Waals surface area contributed by atoms with Crippen LogP contribution in [0.2, 0.25) is 5.02 Å². The fraction of sp³-hybridized carbons (Fsp3) is 0.269. The minimum absolute atomic E-state index is 0.0490. The number of hydrogen-bond acceptors (Lipinski definition) is 3. The van der Waals surface area contributed by atoms with E-state index in [4.69, 9.17) is 16.6 Å². The summed E-state index contributed by atoms with van der Waals surface area (Å²) in [5, 5.41) is 3.48. The predicted molar refractivity (Wildman–Crippen MR) is 126 cm³/mol. The molecule has 32 heavy (non-hydrogen) atoms. The highest BCUT2D eigenvalue weighted by molar-refractivity contribution is 6.33. The van der Waals surface area contributed by atoms with Gasteiger partial charge < -0.3 is 10.2 Å². The van der Waals surface area contributed by atoms with Crippen LogP contribution in [-0.4, -0.2) is 34.8 Å². The molecule has 0 unspecified atom stereocenters. The first-order valence-electron chi connectivity index (χ1n) is 10.9. The fourth-order valence-electron chi connectivity index (χ4n) is 4.11. The number of nitrogens with one attached hydrogen (secondary N) is 1. The number of benzene rings is 2. The number of likely N-dealkylation sites (tertiary alicyclic amines) is 1. The molecular formula is C26H26ClN3O2. The number of hydrogen-bond donors (Lipinski definition) is 1. The molecule has 2 aromatic carbocycles. The summed E-state index contributed by atoms with van der Waals surface area (Å²) in [4.78, 5) is 32.4. The van der Waals surface area contributed by atoms with Gasteiger partial charge in [0, 0.05) is 31.2 Å². The van der Waals surface area contributed by atoms with Crippen molar-refractivity contribution in [3.63, 3.8) is 0 Å². The van der Waals surface area contributed by atoms with E-state index in [1.54, 1.807) is 12.1 Å². The van der Waals surface area contributed by atoms with Gasteiger partial charge in [0.25, 0.3) is 11.8 Å². The minimum Gasteiger partial charge on any atom is -0.348 e. The number of halogens is 1. The van der Waals surface area contributed by atoms with Gasteiger partial charge >= 0.3 is 0 Å². The van der Waals surface area contributed by atoms with E-state index in [0.29, 0.717) is 35.8 Å². The number of rotatable bonds is 5. The maximum Gasteiger partial charge on any atom is 0.255 e. The van der Waals surface area contributed by atoms with E-state index in [2.05, 4.69) is 5.32 Å². The standard InChI is InChI=1S/C26H26ClN3O2/c1-18-11-12-22(25(31)28-17-19-7-3-2-4-8-19)24(29-18)20-13-15-30(16-14-20)26(32)21-9-5-6-10-23(21)27/h2-12,20H,13-17H2,1H3,(H,28,31). The summed E-state index contributed by atoms with van der Waals surface area (Å²) in [6.45, 7) is 3.62. The Morgan fingerprint density at radius 2 is 1.66 bits per heavy atom. The van der Waals surface area contributed by atoms with Crippen molar-refractivity contribution in [2.75, 3.05) is 13.1 Å². The van der Waals surface area contributed by atoms with Crippen molar-refractivity contribution >= 4 is 23.4 Å². The molecule has 5 nitrogen and oxygen atoms in total. The van der Waals surface area contributed by atoms with Gasteiger partial charge in [0.05, 0.1) is 21.8 Å². The summed E-state index contributed by atoms with van der Waals surface area (Å²) in [6, 6.07) is 20.7. The number of pyridine rings is 1. The van der Waals surface area contributed by atoms with Crippen molar-refractivity contribution in [3.8, 4) is 0 Å².